The lowest BCUT2D eigenvalue weighted by Crippen LogP contribution is -2.37. The van der Waals surface area contributed by atoms with Crippen molar-refractivity contribution in [3.05, 3.63) is 209 Å². The van der Waals surface area contributed by atoms with E-state index >= 15 is 0 Å². The third kappa shape index (κ3) is 4.44. The molecule has 2 aliphatic rings. The van der Waals surface area contributed by atoms with Crippen LogP contribution in [-0.2, 0) is 10.8 Å². The van der Waals surface area contributed by atoms with Gasteiger partial charge in [0.05, 0.1) is 16.8 Å². The van der Waals surface area contributed by atoms with E-state index in [1.165, 1.54) is 56.0 Å². The summed E-state index contributed by atoms with van der Waals surface area (Å²) >= 11 is 1.46. The van der Waals surface area contributed by atoms with Crippen LogP contribution in [0.25, 0.3) is 33.1 Å². The van der Waals surface area contributed by atoms with Gasteiger partial charge in [0.1, 0.15) is 5.01 Å². The number of nitrogens with zero attached hydrogens (tertiary/aromatic N) is 3. The highest BCUT2D eigenvalue weighted by atomic mass is 32.1. The Kier molecular flexibility index (Phi) is 6.92. The van der Waals surface area contributed by atoms with E-state index in [1.54, 1.807) is 0 Å². The Hall–Kier alpha value is -6.10. The molecule has 1 aromatic heterocycles. The maximum atomic E-state index is 5.06. The lowest BCUT2D eigenvalue weighted by Gasteiger charge is -2.46. The lowest BCUT2D eigenvalue weighted by atomic mass is 9.62. The Morgan fingerprint density at radius 1 is 0.481 bits per heavy atom. The predicted octanol–water partition coefficient (Wildman–Crippen LogP) is 12.3. The zero-order valence-corrected chi connectivity index (χ0v) is 29.8. The Bertz CT molecular complexity index is 2520. The molecule has 0 saturated heterocycles. The zero-order valence-electron chi connectivity index (χ0n) is 29.0. The molecule has 0 spiro atoms. The number of fused-ring (bicyclic) bond motifs is 5. The minimum atomic E-state index is -0.484. The maximum Gasteiger partial charge on any atom is 0.173 e. The molecule has 0 amide bonds. The summed E-state index contributed by atoms with van der Waals surface area (Å²) in [5, 5.41) is 0.932. The molecule has 1 aliphatic heterocycles. The summed E-state index contributed by atoms with van der Waals surface area (Å²) in [6, 6.07) is 63.9. The van der Waals surface area contributed by atoms with Crippen LogP contribution in [0.15, 0.2) is 176 Å². The van der Waals surface area contributed by atoms with E-state index in [4.69, 9.17) is 9.36 Å². The number of hydrogen-bond acceptors (Lipinski definition) is 4. The normalized spacial score (nSPS) is 14.6. The third-order valence-corrected chi connectivity index (χ3v) is 11.9. The number of anilines is 3. The highest BCUT2D eigenvalue weighted by molar-refractivity contribution is 7.09. The summed E-state index contributed by atoms with van der Waals surface area (Å²) in [6.07, 6.45) is 0. The van der Waals surface area contributed by atoms with Gasteiger partial charge in [0.2, 0.25) is 0 Å². The molecule has 3 nitrogen and oxygen atoms in total. The zero-order chi connectivity index (χ0) is 34.9. The molecule has 0 atom stereocenters. The third-order valence-electron chi connectivity index (χ3n) is 11.2. The second-order valence-electron chi connectivity index (χ2n) is 14.3. The first kappa shape index (κ1) is 30.7. The van der Waals surface area contributed by atoms with E-state index in [9.17, 15) is 0 Å². The first-order valence-electron chi connectivity index (χ1n) is 17.8. The fourth-order valence-electron chi connectivity index (χ4n) is 8.76. The lowest BCUT2D eigenvalue weighted by molar-refractivity contribution is 0.660. The summed E-state index contributed by atoms with van der Waals surface area (Å²) in [4.78, 5) is 7.47. The quantitative estimate of drug-likeness (QED) is 0.181. The van der Waals surface area contributed by atoms with E-state index in [0.717, 1.165) is 39.0 Å². The molecule has 1 aliphatic carbocycles. The van der Waals surface area contributed by atoms with Gasteiger partial charge in [-0.25, -0.2) is 4.98 Å². The second-order valence-corrected chi connectivity index (χ2v) is 15.0. The van der Waals surface area contributed by atoms with Crippen LogP contribution < -0.4 is 4.90 Å². The molecule has 0 unspecified atom stereocenters. The average molecular weight is 686 g/mol. The van der Waals surface area contributed by atoms with Gasteiger partial charge in [0.25, 0.3) is 0 Å². The van der Waals surface area contributed by atoms with Gasteiger partial charge in [-0.3, -0.25) is 0 Å². The molecule has 7 aromatic carbocycles. The van der Waals surface area contributed by atoms with E-state index in [-0.39, 0.29) is 5.41 Å². The first-order chi connectivity index (χ1) is 25.5. The van der Waals surface area contributed by atoms with Crippen molar-refractivity contribution < 1.29 is 0 Å². The van der Waals surface area contributed by atoms with Gasteiger partial charge < -0.3 is 4.90 Å². The van der Waals surface area contributed by atoms with E-state index in [1.807, 2.05) is 0 Å². The largest absolute Gasteiger partial charge is 0.310 e. The minimum absolute atomic E-state index is 0.0154. The summed E-state index contributed by atoms with van der Waals surface area (Å²) in [5.74, 6) is 0.749. The SMILES string of the molecule is CC1(C)c2ccccc2-c2cc(-c3nc(-c4ccc(N5c6ccccc6C(c6ccccc6)(c6ccccc6)c6ccccc65)cc4)ns3)ccc21. The molecule has 4 heteroatoms. The Labute approximate surface area is 308 Å². The molecule has 0 bridgehead atoms. The standard InChI is InChI=1S/C48H35N3S/c1-47(2)39-20-10-9-19-37(39)38-31-33(27-30-40(38)47)46-49-45(50-52-46)32-25-28-36(29-26-32)51-43-23-13-11-21-41(43)48(34-15-5-3-6-16-34,35-17-7-4-8-18-35)42-22-12-14-24-44(42)51/h3-31H,1-2H3. The summed E-state index contributed by atoms with van der Waals surface area (Å²) in [5.41, 5.74) is 15.4. The van der Waals surface area contributed by atoms with Crippen molar-refractivity contribution in [1.29, 1.82) is 0 Å². The molecular formula is C48H35N3S. The average Bonchev–Trinajstić information content (AvgIpc) is 3.79. The minimum Gasteiger partial charge on any atom is -0.310 e. The topological polar surface area (TPSA) is 29.0 Å². The van der Waals surface area contributed by atoms with Gasteiger partial charge >= 0.3 is 0 Å². The Morgan fingerprint density at radius 3 is 1.63 bits per heavy atom. The van der Waals surface area contributed by atoms with Crippen molar-refractivity contribution in [2.45, 2.75) is 24.7 Å². The van der Waals surface area contributed by atoms with Crippen molar-refractivity contribution >= 4 is 28.6 Å². The van der Waals surface area contributed by atoms with E-state index in [2.05, 4.69) is 195 Å². The first-order valence-corrected chi connectivity index (χ1v) is 18.6. The van der Waals surface area contributed by atoms with Gasteiger partial charge in [-0.1, -0.05) is 147 Å². The number of aromatic nitrogens is 2. The van der Waals surface area contributed by atoms with Crippen LogP contribution in [0, 0.1) is 0 Å². The number of benzene rings is 7. The van der Waals surface area contributed by atoms with Crippen LogP contribution >= 0.6 is 11.5 Å². The van der Waals surface area contributed by atoms with Crippen LogP contribution in [-0.4, -0.2) is 9.36 Å². The van der Waals surface area contributed by atoms with Crippen molar-refractivity contribution in [2.75, 3.05) is 4.90 Å². The molecule has 52 heavy (non-hydrogen) atoms. The molecule has 0 saturated carbocycles. The van der Waals surface area contributed by atoms with Crippen molar-refractivity contribution in [3.63, 3.8) is 0 Å². The smallest absolute Gasteiger partial charge is 0.173 e. The van der Waals surface area contributed by atoms with Gasteiger partial charge in [-0.15, -0.1) is 0 Å². The Balaban J connectivity index is 1.04. The van der Waals surface area contributed by atoms with Crippen LogP contribution in [0.1, 0.15) is 47.2 Å². The molecule has 0 radical (unpaired) electrons. The molecule has 2 heterocycles. The molecule has 248 valence electrons. The van der Waals surface area contributed by atoms with Crippen LogP contribution in [0.4, 0.5) is 17.1 Å². The van der Waals surface area contributed by atoms with Crippen molar-refractivity contribution in [2.24, 2.45) is 0 Å². The van der Waals surface area contributed by atoms with Crippen molar-refractivity contribution in [3.8, 4) is 33.1 Å². The number of rotatable bonds is 5. The molecule has 0 fully saturated rings. The number of hydrogen-bond donors (Lipinski definition) is 0. The number of para-hydroxylation sites is 2. The van der Waals surface area contributed by atoms with Gasteiger partial charge in [-0.05, 0) is 98.5 Å². The maximum absolute atomic E-state index is 5.06. The fraction of sp³-hybridized carbons (Fsp3) is 0.0833. The molecule has 10 rings (SSSR count). The van der Waals surface area contributed by atoms with E-state index in [0.29, 0.717) is 0 Å². The van der Waals surface area contributed by atoms with Gasteiger partial charge in [-0.2, -0.15) is 4.37 Å². The van der Waals surface area contributed by atoms with Crippen LogP contribution in [0.5, 0.6) is 0 Å². The highest BCUT2D eigenvalue weighted by Crippen LogP contribution is 2.57. The van der Waals surface area contributed by atoms with Gasteiger partial charge in [0, 0.05) is 22.2 Å². The Morgan fingerprint density at radius 2 is 1.00 bits per heavy atom. The van der Waals surface area contributed by atoms with Crippen molar-refractivity contribution in [1.82, 2.24) is 9.36 Å². The summed E-state index contributed by atoms with van der Waals surface area (Å²) < 4.78 is 4.85. The van der Waals surface area contributed by atoms with E-state index < -0.39 is 5.41 Å². The predicted molar refractivity (Wildman–Crippen MR) is 215 cm³/mol. The molecule has 0 N–H and O–H groups in total. The second kappa shape index (κ2) is 11.7. The highest BCUT2D eigenvalue weighted by Gasteiger charge is 2.46. The summed E-state index contributed by atoms with van der Waals surface area (Å²) in [6.45, 7) is 4.63. The van der Waals surface area contributed by atoms with Gasteiger partial charge in [0.15, 0.2) is 5.82 Å². The van der Waals surface area contributed by atoms with Crippen LogP contribution in [0.3, 0.4) is 0 Å². The molecular weight excluding hydrogens is 651 g/mol. The fourth-order valence-corrected chi connectivity index (χ4v) is 9.44. The monoisotopic (exact) mass is 685 g/mol. The molecule has 8 aromatic rings. The summed E-state index contributed by atoms with van der Waals surface area (Å²) in [7, 11) is 0. The van der Waals surface area contributed by atoms with Crippen LogP contribution in [0.2, 0.25) is 0 Å².